The van der Waals surface area contributed by atoms with Gasteiger partial charge in [0.2, 0.25) is 0 Å². The molecule has 0 fully saturated rings. The van der Waals surface area contributed by atoms with Crippen LogP contribution in [0.2, 0.25) is 0 Å². The molecule has 2 aromatic carbocycles. The Labute approximate surface area is 115 Å². The summed E-state index contributed by atoms with van der Waals surface area (Å²) in [4.78, 5) is 0. The van der Waals surface area contributed by atoms with Crippen molar-refractivity contribution in [2.75, 3.05) is 6.61 Å². The van der Waals surface area contributed by atoms with Gasteiger partial charge < -0.3 is 10.5 Å². The number of halogens is 1. The summed E-state index contributed by atoms with van der Waals surface area (Å²) < 4.78 is 5.65. The summed E-state index contributed by atoms with van der Waals surface area (Å²) in [5.74, 6) is 0.955. The van der Waals surface area contributed by atoms with Crippen LogP contribution >= 0.6 is 12.4 Å². The van der Waals surface area contributed by atoms with Crippen molar-refractivity contribution >= 4 is 23.2 Å². The first-order chi connectivity index (χ1) is 8.22. The monoisotopic (exact) mass is 265 g/mol. The normalized spacial score (nSPS) is 11.9. The molecule has 0 saturated carbocycles. The molecule has 2 rings (SSSR count). The van der Waals surface area contributed by atoms with E-state index in [-0.39, 0.29) is 18.4 Å². The molecule has 1 atom stereocenters. The van der Waals surface area contributed by atoms with E-state index in [0.717, 1.165) is 12.2 Å². The van der Waals surface area contributed by atoms with Gasteiger partial charge in [0.25, 0.3) is 0 Å². The number of ether oxygens (including phenoxy) is 1. The molecule has 18 heavy (non-hydrogen) atoms. The highest BCUT2D eigenvalue weighted by atomic mass is 35.5. The second-order valence-corrected chi connectivity index (χ2v) is 4.38. The summed E-state index contributed by atoms with van der Waals surface area (Å²) in [5.41, 5.74) is 7.17. The maximum atomic E-state index is 5.88. The van der Waals surface area contributed by atoms with E-state index in [1.165, 1.54) is 16.3 Å². The van der Waals surface area contributed by atoms with Crippen molar-refractivity contribution in [3.63, 3.8) is 0 Å². The number of fused-ring (bicyclic) bond motifs is 1. The van der Waals surface area contributed by atoms with E-state index in [2.05, 4.69) is 24.3 Å². The molecule has 0 spiro atoms. The van der Waals surface area contributed by atoms with E-state index in [1.54, 1.807) is 0 Å². The van der Waals surface area contributed by atoms with Crippen LogP contribution in [0.4, 0.5) is 0 Å². The molecular formula is C15H20ClNO. The third-order valence-electron chi connectivity index (χ3n) is 2.82. The Kier molecular flexibility index (Phi) is 5.45. The zero-order chi connectivity index (χ0) is 12.3. The summed E-state index contributed by atoms with van der Waals surface area (Å²) in [6, 6.07) is 12.7. The average molecular weight is 266 g/mol. The van der Waals surface area contributed by atoms with Gasteiger partial charge in [-0.15, -0.1) is 12.4 Å². The Hall–Kier alpha value is -1.25. The quantitative estimate of drug-likeness (QED) is 0.918. The Bertz CT molecular complexity index is 511. The number of rotatable bonds is 4. The van der Waals surface area contributed by atoms with Crippen molar-refractivity contribution in [3.8, 4) is 5.75 Å². The van der Waals surface area contributed by atoms with Crippen LogP contribution < -0.4 is 10.5 Å². The predicted molar refractivity (Wildman–Crippen MR) is 79.7 cm³/mol. The first kappa shape index (κ1) is 14.8. The van der Waals surface area contributed by atoms with E-state index in [4.69, 9.17) is 10.5 Å². The molecule has 0 aromatic heterocycles. The van der Waals surface area contributed by atoms with Crippen LogP contribution in [0.15, 0.2) is 36.4 Å². The summed E-state index contributed by atoms with van der Waals surface area (Å²) in [5, 5.41) is 2.42. The van der Waals surface area contributed by atoms with Crippen LogP contribution in [0.25, 0.3) is 10.8 Å². The van der Waals surface area contributed by atoms with Crippen LogP contribution in [0.3, 0.4) is 0 Å². The molecule has 0 aliphatic carbocycles. The zero-order valence-electron chi connectivity index (χ0n) is 10.8. The van der Waals surface area contributed by atoms with Gasteiger partial charge in [-0.1, -0.05) is 30.3 Å². The van der Waals surface area contributed by atoms with Gasteiger partial charge in [0.1, 0.15) is 5.75 Å². The summed E-state index contributed by atoms with van der Waals surface area (Å²) >= 11 is 0. The van der Waals surface area contributed by atoms with Gasteiger partial charge in [-0.3, -0.25) is 0 Å². The Morgan fingerprint density at radius 1 is 1.11 bits per heavy atom. The van der Waals surface area contributed by atoms with Crippen LogP contribution in [0.1, 0.15) is 19.4 Å². The van der Waals surface area contributed by atoms with Gasteiger partial charge in [0, 0.05) is 11.4 Å². The average Bonchev–Trinajstić information content (AvgIpc) is 2.32. The van der Waals surface area contributed by atoms with E-state index in [0.29, 0.717) is 6.61 Å². The topological polar surface area (TPSA) is 35.2 Å². The molecule has 0 saturated heterocycles. The minimum Gasteiger partial charge on any atom is -0.493 e. The maximum Gasteiger partial charge on any atom is 0.127 e. The fourth-order valence-corrected chi connectivity index (χ4v) is 2.14. The molecule has 2 N–H and O–H groups in total. The van der Waals surface area contributed by atoms with Crippen LogP contribution in [0, 0.1) is 0 Å². The first-order valence-corrected chi connectivity index (χ1v) is 6.11. The summed E-state index contributed by atoms with van der Waals surface area (Å²) in [7, 11) is 0. The lowest BCUT2D eigenvalue weighted by atomic mass is 9.99. The zero-order valence-corrected chi connectivity index (χ0v) is 11.7. The molecule has 98 valence electrons. The minimum absolute atomic E-state index is 0. The van der Waals surface area contributed by atoms with Crippen LogP contribution in [0.5, 0.6) is 5.75 Å². The van der Waals surface area contributed by atoms with Gasteiger partial charge in [-0.05, 0) is 37.3 Å². The lowest BCUT2D eigenvalue weighted by Gasteiger charge is -2.12. The SMILES string of the molecule is CCOc1ccc(CC(C)N)c2ccccc12.Cl. The molecule has 0 aliphatic heterocycles. The molecule has 0 bridgehead atoms. The van der Waals surface area contributed by atoms with Crippen molar-refractivity contribution in [1.29, 1.82) is 0 Å². The van der Waals surface area contributed by atoms with E-state index < -0.39 is 0 Å². The molecule has 2 nitrogen and oxygen atoms in total. The van der Waals surface area contributed by atoms with E-state index in [1.807, 2.05) is 26.0 Å². The van der Waals surface area contributed by atoms with Crippen molar-refractivity contribution in [2.24, 2.45) is 5.73 Å². The molecular weight excluding hydrogens is 246 g/mol. The molecule has 2 aromatic rings. The third kappa shape index (κ3) is 3.15. The van der Waals surface area contributed by atoms with Crippen molar-refractivity contribution in [2.45, 2.75) is 26.3 Å². The minimum atomic E-state index is 0. The maximum absolute atomic E-state index is 5.88. The lowest BCUT2D eigenvalue weighted by Crippen LogP contribution is -2.17. The highest BCUT2D eigenvalue weighted by Gasteiger charge is 2.07. The fourth-order valence-electron chi connectivity index (χ4n) is 2.14. The highest BCUT2D eigenvalue weighted by molar-refractivity contribution is 5.91. The molecule has 0 aliphatic rings. The second-order valence-electron chi connectivity index (χ2n) is 4.38. The Morgan fingerprint density at radius 2 is 1.78 bits per heavy atom. The number of hydrogen-bond acceptors (Lipinski definition) is 2. The number of nitrogens with two attached hydrogens (primary N) is 1. The molecule has 1 unspecified atom stereocenters. The highest BCUT2D eigenvalue weighted by Crippen LogP contribution is 2.29. The van der Waals surface area contributed by atoms with Gasteiger partial charge in [0.05, 0.1) is 6.61 Å². The molecule has 3 heteroatoms. The second kappa shape index (κ2) is 6.62. The van der Waals surface area contributed by atoms with Gasteiger partial charge in [-0.25, -0.2) is 0 Å². The summed E-state index contributed by atoms with van der Waals surface area (Å²) in [6.07, 6.45) is 0.896. The fraction of sp³-hybridized carbons (Fsp3) is 0.333. The standard InChI is InChI=1S/C15H19NO.ClH/c1-3-17-15-9-8-12(10-11(2)16)13-6-4-5-7-14(13)15;/h4-9,11H,3,10,16H2,1-2H3;1H. The van der Waals surface area contributed by atoms with E-state index >= 15 is 0 Å². The van der Waals surface area contributed by atoms with Crippen molar-refractivity contribution in [1.82, 2.24) is 0 Å². The number of benzene rings is 2. The smallest absolute Gasteiger partial charge is 0.127 e. The Morgan fingerprint density at radius 3 is 2.39 bits per heavy atom. The number of hydrogen-bond donors (Lipinski definition) is 1. The largest absolute Gasteiger partial charge is 0.493 e. The Balaban J connectivity index is 0.00000162. The van der Waals surface area contributed by atoms with Crippen LogP contribution in [-0.4, -0.2) is 12.6 Å². The molecule has 0 amide bonds. The first-order valence-electron chi connectivity index (χ1n) is 6.11. The van der Waals surface area contributed by atoms with Crippen molar-refractivity contribution in [3.05, 3.63) is 42.0 Å². The third-order valence-corrected chi connectivity index (χ3v) is 2.82. The van der Waals surface area contributed by atoms with Crippen molar-refractivity contribution < 1.29 is 4.74 Å². The van der Waals surface area contributed by atoms with E-state index in [9.17, 15) is 0 Å². The van der Waals surface area contributed by atoms with Gasteiger partial charge in [0.15, 0.2) is 0 Å². The molecule has 0 heterocycles. The predicted octanol–water partition coefficient (Wildman–Crippen LogP) is 3.55. The molecule has 0 radical (unpaired) electrons. The van der Waals surface area contributed by atoms with Crippen LogP contribution in [-0.2, 0) is 6.42 Å². The van der Waals surface area contributed by atoms with Gasteiger partial charge >= 0.3 is 0 Å². The van der Waals surface area contributed by atoms with Gasteiger partial charge in [-0.2, -0.15) is 0 Å². The summed E-state index contributed by atoms with van der Waals surface area (Å²) in [6.45, 7) is 4.73. The lowest BCUT2D eigenvalue weighted by molar-refractivity contribution is 0.344.